The number of nitrogens with one attached hydrogen (secondary N) is 2. The van der Waals surface area contributed by atoms with Gasteiger partial charge in [-0.15, -0.1) is 10.2 Å². The van der Waals surface area contributed by atoms with Crippen molar-refractivity contribution in [3.63, 3.8) is 0 Å². The van der Waals surface area contributed by atoms with Gasteiger partial charge in [-0.1, -0.05) is 40.8 Å². The molecule has 0 spiro atoms. The van der Waals surface area contributed by atoms with Gasteiger partial charge in [0.15, 0.2) is 4.34 Å². The lowest BCUT2D eigenvalue weighted by Gasteiger charge is -2.10. The summed E-state index contributed by atoms with van der Waals surface area (Å²) in [5.74, 6) is 0.728. The maximum Gasteiger partial charge on any atom is 0.237 e. The highest BCUT2D eigenvalue weighted by Gasteiger charge is 2.17. The number of ether oxygens (including phenoxy) is 1. The van der Waals surface area contributed by atoms with Crippen LogP contribution < -0.4 is 15.4 Å². The molecule has 8 heteroatoms. The lowest BCUT2D eigenvalue weighted by atomic mass is 10.2. The summed E-state index contributed by atoms with van der Waals surface area (Å²) in [7, 11) is 1.63. The number of hydrogen-bond acceptors (Lipinski definition) is 7. The van der Waals surface area contributed by atoms with E-state index in [1.54, 1.807) is 7.11 Å². The minimum Gasteiger partial charge on any atom is -0.497 e. The lowest BCUT2D eigenvalue weighted by Crippen LogP contribution is -2.22. The van der Waals surface area contributed by atoms with Gasteiger partial charge >= 0.3 is 0 Å². The van der Waals surface area contributed by atoms with Gasteiger partial charge in [0.1, 0.15) is 5.75 Å². The SMILES string of the molecule is COc1ccc(Nc2nnc(S[C@@H](C)C(=O)Nc3ccc(C)cc3)s2)cc1. The molecule has 0 radical (unpaired) electrons. The molecule has 0 bridgehead atoms. The molecule has 2 aromatic carbocycles. The van der Waals surface area contributed by atoms with E-state index in [9.17, 15) is 4.79 Å². The first kappa shape index (κ1) is 19.2. The Balaban J connectivity index is 1.55. The molecule has 0 aliphatic carbocycles. The molecular weight excluding hydrogens is 380 g/mol. The van der Waals surface area contributed by atoms with Gasteiger partial charge in [0.25, 0.3) is 0 Å². The molecule has 27 heavy (non-hydrogen) atoms. The monoisotopic (exact) mass is 400 g/mol. The topological polar surface area (TPSA) is 76.1 Å². The van der Waals surface area contributed by atoms with Gasteiger partial charge in [-0.05, 0) is 50.2 Å². The zero-order chi connectivity index (χ0) is 19.2. The molecule has 1 aromatic heterocycles. The fourth-order valence-electron chi connectivity index (χ4n) is 2.19. The van der Waals surface area contributed by atoms with Gasteiger partial charge in [0.05, 0.1) is 12.4 Å². The van der Waals surface area contributed by atoms with Gasteiger partial charge < -0.3 is 15.4 Å². The van der Waals surface area contributed by atoms with Crippen LogP contribution in [-0.2, 0) is 4.79 Å². The number of benzene rings is 2. The van der Waals surface area contributed by atoms with E-state index in [1.807, 2.05) is 62.4 Å². The number of methoxy groups -OCH3 is 1. The first-order chi connectivity index (χ1) is 13.0. The molecule has 0 aliphatic heterocycles. The average molecular weight is 401 g/mol. The number of aromatic nitrogens is 2. The number of nitrogens with zero attached hydrogens (tertiary/aromatic N) is 2. The molecule has 2 N–H and O–H groups in total. The standard InChI is InChI=1S/C19H20N4O2S2/c1-12-4-6-14(7-5-12)20-17(24)13(2)26-19-23-22-18(27-19)21-15-8-10-16(25-3)11-9-15/h4-11,13H,1-3H3,(H,20,24)(H,21,22)/t13-/m0/s1. The number of aryl methyl sites for hydroxylation is 1. The van der Waals surface area contributed by atoms with Crippen LogP contribution in [0, 0.1) is 6.92 Å². The van der Waals surface area contributed by atoms with E-state index >= 15 is 0 Å². The van der Waals surface area contributed by atoms with Crippen molar-refractivity contribution in [2.75, 3.05) is 17.7 Å². The Labute approximate surface area is 166 Å². The Kier molecular flexibility index (Phi) is 6.31. The molecule has 0 fully saturated rings. The Bertz CT molecular complexity index is 895. The first-order valence-electron chi connectivity index (χ1n) is 8.32. The maximum absolute atomic E-state index is 12.4. The van der Waals surface area contributed by atoms with Crippen LogP contribution in [0.4, 0.5) is 16.5 Å². The zero-order valence-corrected chi connectivity index (χ0v) is 16.9. The number of anilines is 3. The molecule has 0 unspecified atom stereocenters. The van der Waals surface area contributed by atoms with Crippen LogP contribution in [0.15, 0.2) is 52.9 Å². The zero-order valence-electron chi connectivity index (χ0n) is 15.2. The summed E-state index contributed by atoms with van der Waals surface area (Å²) in [6.07, 6.45) is 0. The summed E-state index contributed by atoms with van der Waals surface area (Å²) in [4.78, 5) is 12.4. The Morgan fingerprint density at radius 1 is 1.07 bits per heavy atom. The van der Waals surface area contributed by atoms with Crippen LogP contribution in [0.1, 0.15) is 12.5 Å². The van der Waals surface area contributed by atoms with Crippen LogP contribution in [0.2, 0.25) is 0 Å². The Hall–Kier alpha value is -2.58. The molecule has 0 aliphatic rings. The van der Waals surface area contributed by atoms with E-state index in [1.165, 1.54) is 23.1 Å². The fourth-order valence-corrected chi connectivity index (χ4v) is 4.11. The predicted octanol–water partition coefficient (Wildman–Crippen LogP) is 4.72. The number of thioether (sulfide) groups is 1. The summed E-state index contributed by atoms with van der Waals surface area (Å²) in [6, 6.07) is 15.3. The van der Waals surface area contributed by atoms with Crippen molar-refractivity contribution in [1.29, 1.82) is 0 Å². The van der Waals surface area contributed by atoms with Crippen molar-refractivity contribution < 1.29 is 9.53 Å². The molecule has 0 saturated carbocycles. The van der Waals surface area contributed by atoms with Crippen LogP contribution in [0.3, 0.4) is 0 Å². The molecule has 1 atom stereocenters. The van der Waals surface area contributed by atoms with Crippen LogP contribution in [0.5, 0.6) is 5.75 Å². The lowest BCUT2D eigenvalue weighted by molar-refractivity contribution is -0.115. The van der Waals surface area contributed by atoms with Crippen LogP contribution >= 0.6 is 23.1 Å². The van der Waals surface area contributed by atoms with Gasteiger partial charge in [-0.3, -0.25) is 4.79 Å². The fraction of sp³-hybridized carbons (Fsp3) is 0.211. The van der Waals surface area contributed by atoms with Gasteiger partial charge in [0.2, 0.25) is 11.0 Å². The molecule has 3 aromatic rings. The van der Waals surface area contributed by atoms with Crippen LogP contribution in [-0.4, -0.2) is 28.5 Å². The van der Waals surface area contributed by atoms with E-state index in [-0.39, 0.29) is 11.2 Å². The smallest absolute Gasteiger partial charge is 0.237 e. The van der Waals surface area contributed by atoms with E-state index in [2.05, 4.69) is 20.8 Å². The largest absolute Gasteiger partial charge is 0.497 e. The summed E-state index contributed by atoms with van der Waals surface area (Å²) < 4.78 is 5.88. The summed E-state index contributed by atoms with van der Waals surface area (Å²) in [6.45, 7) is 3.86. The number of rotatable bonds is 7. The second kappa shape index (κ2) is 8.88. The van der Waals surface area contributed by atoms with Crippen molar-refractivity contribution in [2.24, 2.45) is 0 Å². The number of carbonyl (C=O) groups excluding carboxylic acids is 1. The van der Waals surface area contributed by atoms with E-state index < -0.39 is 0 Å². The van der Waals surface area contributed by atoms with E-state index in [0.717, 1.165) is 27.0 Å². The summed E-state index contributed by atoms with van der Waals surface area (Å²) >= 11 is 2.79. The average Bonchev–Trinajstić information content (AvgIpc) is 3.11. The molecule has 1 heterocycles. The number of amides is 1. The third-order valence-electron chi connectivity index (χ3n) is 3.71. The second-order valence-electron chi connectivity index (χ2n) is 5.84. The minimum absolute atomic E-state index is 0.0660. The third kappa shape index (κ3) is 5.45. The quantitative estimate of drug-likeness (QED) is 0.559. The summed E-state index contributed by atoms with van der Waals surface area (Å²) in [5.41, 5.74) is 2.84. The maximum atomic E-state index is 12.4. The molecule has 0 saturated heterocycles. The highest BCUT2D eigenvalue weighted by atomic mass is 32.2. The van der Waals surface area contributed by atoms with Crippen molar-refractivity contribution in [1.82, 2.24) is 10.2 Å². The molecule has 3 rings (SSSR count). The highest BCUT2D eigenvalue weighted by Crippen LogP contribution is 2.31. The van der Waals surface area contributed by atoms with Crippen LogP contribution in [0.25, 0.3) is 0 Å². The Morgan fingerprint density at radius 2 is 1.74 bits per heavy atom. The predicted molar refractivity (Wildman–Crippen MR) is 111 cm³/mol. The Morgan fingerprint density at radius 3 is 2.41 bits per heavy atom. The number of hydrogen-bond donors (Lipinski definition) is 2. The van der Waals surface area contributed by atoms with Crippen molar-refractivity contribution in [3.8, 4) is 5.75 Å². The highest BCUT2D eigenvalue weighted by molar-refractivity contribution is 8.02. The van der Waals surface area contributed by atoms with E-state index in [4.69, 9.17) is 4.74 Å². The number of carbonyl (C=O) groups is 1. The summed E-state index contributed by atoms with van der Waals surface area (Å²) in [5, 5.41) is 14.8. The van der Waals surface area contributed by atoms with Gasteiger partial charge in [-0.25, -0.2) is 0 Å². The molecule has 1 amide bonds. The first-order valence-corrected chi connectivity index (χ1v) is 10.0. The minimum atomic E-state index is -0.284. The van der Waals surface area contributed by atoms with E-state index in [0.29, 0.717) is 5.13 Å². The van der Waals surface area contributed by atoms with Gasteiger partial charge in [-0.2, -0.15) is 0 Å². The van der Waals surface area contributed by atoms with Crippen molar-refractivity contribution in [2.45, 2.75) is 23.4 Å². The van der Waals surface area contributed by atoms with Crippen molar-refractivity contribution in [3.05, 3.63) is 54.1 Å². The normalized spacial score (nSPS) is 11.7. The molecular formula is C19H20N4O2S2. The van der Waals surface area contributed by atoms with Crippen molar-refractivity contribution >= 4 is 45.5 Å². The molecule has 6 nitrogen and oxygen atoms in total. The second-order valence-corrected chi connectivity index (χ2v) is 8.41. The van der Waals surface area contributed by atoms with Gasteiger partial charge in [0, 0.05) is 11.4 Å². The third-order valence-corrected chi connectivity index (χ3v) is 5.74. The molecule has 140 valence electrons.